The van der Waals surface area contributed by atoms with Gasteiger partial charge < -0.3 is 4.79 Å². The molecule has 0 bridgehead atoms. The zero-order valence-corrected chi connectivity index (χ0v) is 8.54. The molecule has 1 aliphatic rings. The lowest BCUT2D eigenvalue weighted by atomic mass is 10.1. The number of carbonyl (C=O) groups excluding carboxylic acids is 1. The Hall–Kier alpha value is -0.420. The summed E-state index contributed by atoms with van der Waals surface area (Å²) in [5.41, 5.74) is 2.38. The number of hydrogen-bond acceptors (Lipinski definition) is 2. The highest BCUT2D eigenvalue weighted by molar-refractivity contribution is 14.1. The van der Waals surface area contributed by atoms with E-state index >= 15 is 0 Å². The highest BCUT2D eigenvalue weighted by atomic mass is 127. The molecular weight excluding hydrogens is 265 g/mol. The van der Waals surface area contributed by atoms with Crippen molar-refractivity contribution in [2.24, 2.45) is 0 Å². The maximum absolute atomic E-state index is 10.6. The van der Waals surface area contributed by atoms with Gasteiger partial charge in [0, 0.05) is 10.1 Å². The number of hydrogen-bond donors (Lipinski definition) is 1. The van der Waals surface area contributed by atoms with E-state index < -0.39 is 0 Å². The summed E-state index contributed by atoms with van der Waals surface area (Å²) in [6.07, 6.45) is 0.960. The van der Waals surface area contributed by atoms with Crippen molar-refractivity contribution in [1.82, 2.24) is 5.32 Å². The molecule has 0 amide bonds. The van der Waals surface area contributed by atoms with E-state index in [0.717, 1.165) is 18.4 Å². The molecule has 1 heterocycles. The van der Waals surface area contributed by atoms with E-state index in [-0.39, 0.29) is 6.04 Å². The number of aldehydes is 1. The van der Waals surface area contributed by atoms with Crippen LogP contribution in [0.3, 0.4) is 0 Å². The molecule has 0 aromatic heterocycles. The molecule has 0 fully saturated rings. The molecule has 1 aromatic rings. The van der Waals surface area contributed by atoms with Crippen molar-refractivity contribution in [1.29, 1.82) is 0 Å². The van der Waals surface area contributed by atoms with Crippen LogP contribution in [0.5, 0.6) is 0 Å². The first-order chi connectivity index (χ1) is 5.81. The summed E-state index contributed by atoms with van der Waals surface area (Å²) < 4.78 is 1.18. The fourth-order valence-corrected chi connectivity index (χ4v) is 1.98. The molecule has 1 atom stereocenters. The van der Waals surface area contributed by atoms with Crippen LogP contribution in [0.25, 0.3) is 0 Å². The maximum Gasteiger partial charge on any atom is 0.141 e. The molecular formula is C9H8INO. The van der Waals surface area contributed by atoms with E-state index in [1.165, 1.54) is 9.13 Å². The van der Waals surface area contributed by atoms with Crippen LogP contribution >= 0.6 is 22.6 Å². The van der Waals surface area contributed by atoms with Gasteiger partial charge in [-0.3, -0.25) is 5.32 Å². The summed E-state index contributed by atoms with van der Waals surface area (Å²) in [6, 6.07) is 6.12. The second-order valence-electron chi connectivity index (χ2n) is 2.84. The topological polar surface area (TPSA) is 29.1 Å². The number of carbonyl (C=O) groups is 1. The summed E-state index contributed by atoms with van der Waals surface area (Å²) in [4.78, 5) is 10.6. The molecule has 1 N–H and O–H groups in total. The maximum atomic E-state index is 10.6. The highest BCUT2D eigenvalue weighted by Crippen LogP contribution is 2.25. The van der Waals surface area contributed by atoms with Crippen LogP contribution in [0.15, 0.2) is 18.2 Å². The number of rotatable bonds is 1. The Morgan fingerprint density at radius 1 is 1.58 bits per heavy atom. The Kier molecular flexibility index (Phi) is 2.14. The van der Waals surface area contributed by atoms with Crippen molar-refractivity contribution in [3.63, 3.8) is 0 Å². The van der Waals surface area contributed by atoms with Gasteiger partial charge in [0.15, 0.2) is 0 Å². The zero-order valence-electron chi connectivity index (χ0n) is 6.38. The van der Waals surface area contributed by atoms with Gasteiger partial charge in [-0.05, 0) is 45.9 Å². The van der Waals surface area contributed by atoms with E-state index in [2.05, 4.69) is 46.1 Å². The number of halogens is 1. The van der Waals surface area contributed by atoms with E-state index in [1.807, 2.05) is 0 Å². The third kappa shape index (κ3) is 1.27. The first-order valence-corrected chi connectivity index (χ1v) is 4.86. The molecule has 0 saturated heterocycles. The van der Waals surface area contributed by atoms with Crippen molar-refractivity contribution in [3.05, 3.63) is 32.9 Å². The second kappa shape index (κ2) is 3.14. The van der Waals surface area contributed by atoms with Crippen LogP contribution in [0.1, 0.15) is 17.2 Å². The molecule has 1 unspecified atom stereocenters. The van der Waals surface area contributed by atoms with E-state index in [9.17, 15) is 4.79 Å². The first-order valence-electron chi connectivity index (χ1n) is 3.78. The van der Waals surface area contributed by atoms with Crippen LogP contribution in [0.2, 0.25) is 0 Å². The lowest BCUT2D eigenvalue weighted by Gasteiger charge is -2.02. The predicted octanol–water partition coefficient (Wildman–Crippen LogP) is 1.63. The van der Waals surface area contributed by atoms with Crippen molar-refractivity contribution in [2.75, 3.05) is 0 Å². The average Bonchev–Trinajstić information content (AvgIpc) is 2.46. The third-order valence-corrected chi connectivity index (χ3v) is 2.76. The molecule has 62 valence electrons. The quantitative estimate of drug-likeness (QED) is 0.622. The summed E-state index contributed by atoms with van der Waals surface area (Å²) >= 11 is 2.26. The molecule has 12 heavy (non-hydrogen) atoms. The molecule has 1 aromatic carbocycles. The van der Waals surface area contributed by atoms with Gasteiger partial charge in [0.2, 0.25) is 0 Å². The second-order valence-corrected chi connectivity index (χ2v) is 4.08. The number of benzene rings is 1. The molecule has 0 radical (unpaired) electrons. The Labute approximate surface area is 84.5 Å². The standard InChI is InChI=1S/C9H8INO/c10-7-2-1-6-4-11-9(5-12)8(6)3-7/h1-3,5,9,11H,4H2. The molecule has 3 heteroatoms. The minimum Gasteiger partial charge on any atom is -0.301 e. The molecule has 2 nitrogen and oxygen atoms in total. The Balaban J connectivity index is 2.49. The van der Waals surface area contributed by atoms with Crippen LogP contribution in [0, 0.1) is 3.57 Å². The van der Waals surface area contributed by atoms with Gasteiger partial charge in [-0.15, -0.1) is 0 Å². The number of fused-ring (bicyclic) bond motifs is 1. The van der Waals surface area contributed by atoms with Gasteiger partial charge in [0.25, 0.3) is 0 Å². The van der Waals surface area contributed by atoms with Gasteiger partial charge in [0.05, 0.1) is 6.04 Å². The fourth-order valence-electron chi connectivity index (χ4n) is 1.47. The first kappa shape index (κ1) is 8.19. The molecule has 1 aliphatic heterocycles. The lowest BCUT2D eigenvalue weighted by Crippen LogP contribution is -2.12. The average molecular weight is 273 g/mol. The molecule has 2 rings (SSSR count). The third-order valence-electron chi connectivity index (χ3n) is 2.09. The Morgan fingerprint density at radius 3 is 3.17 bits per heavy atom. The Morgan fingerprint density at radius 2 is 2.42 bits per heavy atom. The smallest absolute Gasteiger partial charge is 0.141 e. The lowest BCUT2D eigenvalue weighted by molar-refractivity contribution is -0.109. The number of nitrogens with one attached hydrogen (secondary N) is 1. The molecule has 0 saturated carbocycles. The van der Waals surface area contributed by atoms with Crippen molar-refractivity contribution in [3.8, 4) is 0 Å². The predicted molar refractivity (Wildman–Crippen MR) is 54.8 cm³/mol. The summed E-state index contributed by atoms with van der Waals surface area (Å²) in [5.74, 6) is 0. The molecule has 0 spiro atoms. The fraction of sp³-hybridized carbons (Fsp3) is 0.222. The van der Waals surface area contributed by atoms with Crippen molar-refractivity contribution in [2.45, 2.75) is 12.6 Å². The molecule has 0 aliphatic carbocycles. The van der Waals surface area contributed by atoms with Crippen LogP contribution < -0.4 is 5.32 Å². The summed E-state index contributed by atoms with van der Waals surface area (Å²) in [7, 11) is 0. The van der Waals surface area contributed by atoms with E-state index in [0.29, 0.717) is 0 Å². The van der Waals surface area contributed by atoms with E-state index in [1.54, 1.807) is 0 Å². The summed E-state index contributed by atoms with van der Waals surface area (Å²) in [5, 5.41) is 3.13. The van der Waals surface area contributed by atoms with Gasteiger partial charge in [-0.2, -0.15) is 0 Å². The van der Waals surface area contributed by atoms with Crippen molar-refractivity contribution >= 4 is 28.9 Å². The van der Waals surface area contributed by atoms with Crippen LogP contribution in [0.4, 0.5) is 0 Å². The van der Waals surface area contributed by atoms with Gasteiger partial charge >= 0.3 is 0 Å². The van der Waals surface area contributed by atoms with Gasteiger partial charge in [0.1, 0.15) is 6.29 Å². The largest absolute Gasteiger partial charge is 0.301 e. The van der Waals surface area contributed by atoms with Crippen molar-refractivity contribution < 1.29 is 4.79 Å². The van der Waals surface area contributed by atoms with Crippen LogP contribution in [-0.4, -0.2) is 6.29 Å². The van der Waals surface area contributed by atoms with Gasteiger partial charge in [-0.25, -0.2) is 0 Å². The minimum atomic E-state index is -0.0882. The zero-order chi connectivity index (χ0) is 8.55. The summed E-state index contributed by atoms with van der Waals surface area (Å²) in [6.45, 7) is 0.815. The monoisotopic (exact) mass is 273 g/mol. The SMILES string of the molecule is O=CC1NCc2ccc(I)cc21. The minimum absolute atomic E-state index is 0.0882. The van der Waals surface area contributed by atoms with E-state index in [4.69, 9.17) is 0 Å². The highest BCUT2D eigenvalue weighted by Gasteiger charge is 2.20. The van der Waals surface area contributed by atoms with Gasteiger partial charge in [-0.1, -0.05) is 6.07 Å². The van der Waals surface area contributed by atoms with Crippen LogP contribution in [-0.2, 0) is 11.3 Å². The Bertz CT molecular complexity index is 324. The normalized spacial score (nSPS) is 20.6.